The summed E-state index contributed by atoms with van der Waals surface area (Å²) >= 11 is 0. The van der Waals surface area contributed by atoms with Gasteiger partial charge in [-0.3, -0.25) is 4.79 Å². The molecule has 19 heavy (non-hydrogen) atoms. The van der Waals surface area contributed by atoms with Crippen molar-refractivity contribution in [2.24, 2.45) is 0 Å². The number of aromatic nitrogens is 1. The van der Waals surface area contributed by atoms with Gasteiger partial charge in [0.2, 0.25) is 5.88 Å². The van der Waals surface area contributed by atoms with Crippen LogP contribution in [0.5, 0.6) is 5.88 Å². The standard InChI is InChI=1S/C15H22N2O2/c18-14(12-19-15-10-6-7-11-16-15)17-13-8-4-2-1-3-5-9-13/h6-7,10-11,13H,1-5,8-9,12H2,(H,17,18). The van der Waals surface area contributed by atoms with E-state index in [1.807, 2.05) is 12.1 Å². The van der Waals surface area contributed by atoms with Gasteiger partial charge in [0.05, 0.1) is 0 Å². The lowest BCUT2D eigenvalue weighted by Gasteiger charge is -2.20. The summed E-state index contributed by atoms with van der Waals surface area (Å²) in [4.78, 5) is 15.8. The molecule has 0 bridgehead atoms. The van der Waals surface area contributed by atoms with E-state index in [1.54, 1.807) is 12.3 Å². The van der Waals surface area contributed by atoms with Crippen LogP contribution in [0.1, 0.15) is 44.9 Å². The average molecular weight is 262 g/mol. The zero-order valence-corrected chi connectivity index (χ0v) is 11.3. The molecule has 1 heterocycles. The molecule has 0 unspecified atom stereocenters. The summed E-state index contributed by atoms with van der Waals surface area (Å²) in [5.74, 6) is 0.451. The quantitative estimate of drug-likeness (QED) is 0.907. The maximum Gasteiger partial charge on any atom is 0.258 e. The molecule has 104 valence electrons. The normalized spacial score (nSPS) is 17.3. The minimum atomic E-state index is -0.0452. The number of amides is 1. The van der Waals surface area contributed by atoms with Gasteiger partial charge < -0.3 is 10.1 Å². The molecule has 0 spiro atoms. The van der Waals surface area contributed by atoms with E-state index in [-0.39, 0.29) is 12.5 Å². The molecule has 0 radical (unpaired) electrons. The van der Waals surface area contributed by atoms with E-state index in [2.05, 4.69) is 10.3 Å². The highest BCUT2D eigenvalue weighted by atomic mass is 16.5. The third kappa shape index (κ3) is 5.28. The molecular weight excluding hydrogens is 240 g/mol. The molecule has 1 aromatic rings. The first-order valence-electron chi connectivity index (χ1n) is 7.18. The summed E-state index contributed by atoms with van der Waals surface area (Å²) in [6.45, 7) is 0.0491. The van der Waals surface area contributed by atoms with E-state index in [9.17, 15) is 4.79 Å². The number of rotatable bonds is 4. The fourth-order valence-corrected chi connectivity index (χ4v) is 2.44. The molecule has 0 aromatic carbocycles. The zero-order valence-electron chi connectivity index (χ0n) is 11.3. The van der Waals surface area contributed by atoms with Crippen molar-refractivity contribution in [1.29, 1.82) is 0 Å². The van der Waals surface area contributed by atoms with Crippen LogP contribution in [0.25, 0.3) is 0 Å². The minimum Gasteiger partial charge on any atom is -0.468 e. The SMILES string of the molecule is O=C(COc1ccccn1)NC1CCCCCCC1. The van der Waals surface area contributed by atoms with Crippen molar-refractivity contribution < 1.29 is 9.53 Å². The predicted molar refractivity (Wildman–Crippen MR) is 74.0 cm³/mol. The summed E-state index contributed by atoms with van der Waals surface area (Å²) in [7, 11) is 0. The van der Waals surface area contributed by atoms with E-state index in [1.165, 1.54) is 32.1 Å². The average Bonchev–Trinajstić information content (AvgIpc) is 2.41. The number of pyridine rings is 1. The van der Waals surface area contributed by atoms with Crippen LogP contribution in [0.3, 0.4) is 0 Å². The van der Waals surface area contributed by atoms with Crippen molar-refractivity contribution in [3.8, 4) is 5.88 Å². The number of carbonyl (C=O) groups is 1. The third-order valence-corrected chi connectivity index (χ3v) is 3.46. The molecule has 2 rings (SSSR count). The van der Waals surface area contributed by atoms with E-state index in [4.69, 9.17) is 4.74 Å². The van der Waals surface area contributed by atoms with Crippen LogP contribution in [0.15, 0.2) is 24.4 Å². The molecule has 4 heteroatoms. The van der Waals surface area contributed by atoms with Gasteiger partial charge in [-0.15, -0.1) is 0 Å². The summed E-state index contributed by atoms with van der Waals surface area (Å²) in [6.07, 6.45) is 10.2. The van der Waals surface area contributed by atoms with Gasteiger partial charge in [-0.05, 0) is 18.9 Å². The molecule has 1 fully saturated rings. The molecule has 1 aromatic heterocycles. The number of ether oxygens (including phenoxy) is 1. The second-order valence-corrected chi connectivity index (χ2v) is 5.07. The largest absolute Gasteiger partial charge is 0.468 e. The topological polar surface area (TPSA) is 51.2 Å². The number of hydrogen-bond acceptors (Lipinski definition) is 3. The van der Waals surface area contributed by atoms with E-state index in [0.717, 1.165) is 12.8 Å². The summed E-state index contributed by atoms with van der Waals surface area (Å²) in [6, 6.07) is 5.74. The van der Waals surface area contributed by atoms with Gasteiger partial charge in [0.15, 0.2) is 6.61 Å². The molecule has 1 N–H and O–H groups in total. The van der Waals surface area contributed by atoms with Gasteiger partial charge in [-0.1, -0.05) is 38.2 Å². The predicted octanol–water partition coefficient (Wildman–Crippen LogP) is 2.69. The Kier molecular flexibility index (Phi) is 5.66. The van der Waals surface area contributed by atoms with Gasteiger partial charge in [-0.2, -0.15) is 0 Å². The zero-order chi connectivity index (χ0) is 13.3. The monoisotopic (exact) mass is 262 g/mol. The minimum absolute atomic E-state index is 0.0452. The maximum absolute atomic E-state index is 11.8. The van der Waals surface area contributed by atoms with Crippen LogP contribution in [-0.2, 0) is 4.79 Å². The Balaban J connectivity index is 1.71. The van der Waals surface area contributed by atoms with E-state index in [0.29, 0.717) is 11.9 Å². The van der Waals surface area contributed by atoms with Crippen molar-refractivity contribution in [1.82, 2.24) is 10.3 Å². The highest BCUT2D eigenvalue weighted by molar-refractivity contribution is 5.77. The van der Waals surface area contributed by atoms with Crippen molar-refractivity contribution in [3.63, 3.8) is 0 Å². The van der Waals surface area contributed by atoms with Gasteiger partial charge in [0.1, 0.15) is 0 Å². The number of nitrogens with one attached hydrogen (secondary N) is 1. The maximum atomic E-state index is 11.8. The fraction of sp³-hybridized carbons (Fsp3) is 0.600. The molecule has 1 saturated carbocycles. The molecule has 0 aliphatic heterocycles. The van der Waals surface area contributed by atoms with Crippen LogP contribution >= 0.6 is 0 Å². The lowest BCUT2D eigenvalue weighted by molar-refractivity contribution is -0.124. The molecule has 0 saturated heterocycles. The third-order valence-electron chi connectivity index (χ3n) is 3.46. The van der Waals surface area contributed by atoms with Gasteiger partial charge >= 0.3 is 0 Å². The molecule has 0 atom stereocenters. The Bertz CT molecular complexity index is 373. The number of carbonyl (C=O) groups excluding carboxylic acids is 1. The highest BCUT2D eigenvalue weighted by Crippen LogP contribution is 2.17. The van der Waals surface area contributed by atoms with Gasteiger partial charge in [0.25, 0.3) is 5.91 Å². The Morgan fingerprint density at radius 3 is 2.63 bits per heavy atom. The van der Waals surface area contributed by atoms with Crippen molar-refractivity contribution in [3.05, 3.63) is 24.4 Å². The van der Waals surface area contributed by atoms with Crippen LogP contribution < -0.4 is 10.1 Å². The van der Waals surface area contributed by atoms with Crippen LogP contribution in [-0.4, -0.2) is 23.5 Å². The van der Waals surface area contributed by atoms with Crippen LogP contribution in [0.2, 0.25) is 0 Å². The van der Waals surface area contributed by atoms with E-state index >= 15 is 0 Å². The van der Waals surface area contributed by atoms with Crippen molar-refractivity contribution in [2.45, 2.75) is 51.0 Å². The lowest BCUT2D eigenvalue weighted by atomic mass is 9.97. The fourth-order valence-electron chi connectivity index (χ4n) is 2.44. The molecule has 4 nitrogen and oxygen atoms in total. The van der Waals surface area contributed by atoms with Gasteiger partial charge in [0, 0.05) is 18.3 Å². The summed E-state index contributed by atoms with van der Waals surface area (Å²) in [5.41, 5.74) is 0. The number of nitrogens with zero attached hydrogens (tertiary/aromatic N) is 1. The first-order chi connectivity index (χ1) is 9.34. The van der Waals surface area contributed by atoms with Crippen LogP contribution in [0.4, 0.5) is 0 Å². The summed E-state index contributed by atoms with van der Waals surface area (Å²) in [5, 5.41) is 3.07. The Morgan fingerprint density at radius 2 is 1.95 bits per heavy atom. The molecular formula is C15H22N2O2. The molecule has 1 amide bonds. The van der Waals surface area contributed by atoms with E-state index < -0.39 is 0 Å². The number of hydrogen-bond donors (Lipinski definition) is 1. The second kappa shape index (κ2) is 7.77. The summed E-state index contributed by atoms with van der Waals surface area (Å²) < 4.78 is 5.34. The van der Waals surface area contributed by atoms with Crippen LogP contribution in [0, 0.1) is 0 Å². The Morgan fingerprint density at radius 1 is 1.21 bits per heavy atom. The highest BCUT2D eigenvalue weighted by Gasteiger charge is 2.14. The lowest BCUT2D eigenvalue weighted by Crippen LogP contribution is -2.38. The smallest absolute Gasteiger partial charge is 0.258 e. The van der Waals surface area contributed by atoms with Crippen molar-refractivity contribution in [2.75, 3.05) is 6.61 Å². The van der Waals surface area contributed by atoms with Crippen molar-refractivity contribution >= 4 is 5.91 Å². The molecule has 1 aliphatic rings. The first kappa shape index (κ1) is 13.8. The Labute approximate surface area is 114 Å². The first-order valence-corrected chi connectivity index (χ1v) is 7.18. The Hall–Kier alpha value is -1.58. The molecule has 1 aliphatic carbocycles. The van der Waals surface area contributed by atoms with Gasteiger partial charge in [-0.25, -0.2) is 4.98 Å². The second-order valence-electron chi connectivity index (χ2n) is 5.07.